The van der Waals surface area contributed by atoms with Crippen LogP contribution in [-0.2, 0) is 0 Å². The van der Waals surface area contributed by atoms with Crippen LogP contribution < -0.4 is 10.1 Å². The zero-order valence-corrected chi connectivity index (χ0v) is 12.9. The van der Waals surface area contributed by atoms with Gasteiger partial charge in [0.25, 0.3) is 5.91 Å². The molecule has 2 N–H and O–H groups in total. The predicted molar refractivity (Wildman–Crippen MR) is 85.2 cm³/mol. The second-order valence-corrected chi connectivity index (χ2v) is 5.54. The first-order valence-electron chi connectivity index (χ1n) is 7.38. The molecule has 1 amide bonds. The van der Waals surface area contributed by atoms with E-state index in [9.17, 15) is 14.7 Å². The maximum Gasteiger partial charge on any atom is 0.335 e. The molecule has 0 saturated heterocycles. The van der Waals surface area contributed by atoms with E-state index in [1.807, 2.05) is 37.3 Å². The fraction of sp³-hybridized carbons (Fsp3) is 0.222. The van der Waals surface area contributed by atoms with Gasteiger partial charge in [0.2, 0.25) is 0 Å². The molecule has 0 radical (unpaired) electrons. The summed E-state index contributed by atoms with van der Waals surface area (Å²) in [5.41, 5.74) is 2.11. The molecule has 0 bridgehead atoms. The Morgan fingerprint density at radius 1 is 1.17 bits per heavy atom. The average molecular weight is 311 g/mol. The Morgan fingerprint density at radius 3 is 2.48 bits per heavy atom. The van der Waals surface area contributed by atoms with Gasteiger partial charge in [0.05, 0.1) is 11.1 Å². The molecule has 3 rings (SSSR count). The summed E-state index contributed by atoms with van der Waals surface area (Å²) in [4.78, 5) is 23.5. The van der Waals surface area contributed by atoms with Crippen LogP contribution in [0.25, 0.3) is 0 Å². The summed E-state index contributed by atoms with van der Waals surface area (Å²) in [6.45, 7) is 1.92. The first kappa shape index (κ1) is 15.1. The van der Waals surface area contributed by atoms with Crippen LogP contribution in [0, 0.1) is 0 Å². The van der Waals surface area contributed by atoms with Gasteiger partial charge in [-0.05, 0) is 24.6 Å². The van der Waals surface area contributed by atoms with Crippen LogP contribution in [-0.4, -0.2) is 30.1 Å². The van der Waals surface area contributed by atoms with Crippen LogP contribution in [0.1, 0.15) is 44.7 Å². The number of rotatable bonds is 3. The van der Waals surface area contributed by atoms with Gasteiger partial charge in [-0.15, -0.1) is 0 Å². The topological polar surface area (TPSA) is 75.6 Å². The van der Waals surface area contributed by atoms with Crippen LogP contribution in [0.5, 0.6) is 5.75 Å². The minimum absolute atomic E-state index is 0.0842. The third kappa shape index (κ3) is 2.54. The Morgan fingerprint density at radius 2 is 1.87 bits per heavy atom. The van der Waals surface area contributed by atoms with Crippen molar-refractivity contribution in [3.05, 3.63) is 64.7 Å². The molecule has 0 aromatic heterocycles. The highest BCUT2D eigenvalue weighted by Gasteiger charge is 2.36. The summed E-state index contributed by atoms with van der Waals surface area (Å²) in [7, 11) is 1.51. The number of carbonyl (C=O) groups is 2. The molecule has 2 aromatic rings. The number of hydrogen-bond donors (Lipinski definition) is 2. The van der Waals surface area contributed by atoms with Crippen molar-refractivity contribution < 1.29 is 19.4 Å². The van der Waals surface area contributed by atoms with E-state index in [4.69, 9.17) is 4.74 Å². The average Bonchev–Trinajstić information content (AvgIpc) is 2.89. The zero-order valence-electron chi connectivity index (χ0n) is 12.9. The maximum atomic E-state index is 12.1. The molecule has 5 heteroatoms. The van der Waals surface area contributed by atoms with Crippen LogP contribution in [0.15, 0.2) is 42.5 Å². The molecule has 23 heavy (non-hydrogen) atoms. The molecule has 0 saturated carbocycles. The maximum absolute atomic E-state index is 12.1. The van der Waals surface area contributed by atoms with Gasteiger partial charge in [-0.2, -0.15) is 0 Å². The largest absolute Gasteiger partial charge is 0.489 e. The van der Waals surface area contributed by atoms with E-state index in [0.717, 1.165) is 11.1 Å². The molecule has 1 aliphatic rings. The number of nitrogens with one attached hydrogen (secondary N) is 1. The van der Waals surface area contributed by atoms with E-state index in [-0.39, 0.29) is 29.1 Å². The lowest BCUT2D eigenvalue weighted by Gasteiger charge is -2.15. The van der Waals surface area contributed by atoms with Crippen molar-refractivity contribution in [3.8, 4) is 5.75 Å². The minimum Gasteiger partial charge on any atom is -0.489 e. The Hall–Kier alpha value is -2.82. The Labute approximate surface area is 133 Å². The molecule has 1 aliphatic heterocycles. The second kappa shape index (κ2) is 5.76. The molecule has 0 unspecified atom stereocenters. The first-order chi connectivity index (χ1) is 11.0. The normalized spacial score (nSPS) is 18.9. The summed E-state index contributed by atoms with van der Waals surface area (Å²) in [5, 5.41) is 11.9. The number of hydrogen-bond acceptors (Lipinski definition) is 3. The van der Waals surface area contributed by atoms with Gasteiger partial charge < -0.3 is 15.2 Å². The standard InChI is InChI=1S/C18H17NO4/c1-10-15(11-6-4-3-5-7-11)13-8-12(18(21)22)9-14(16(13)23-10)17(20)19-2/h3-10,15H,1-2H3,(H,19,20)(H,21,22)/t10-,15+/m1/s1. The van der Waals surface area contributed by atoms with Gasteiger partial charge in [0, 0.05) is 18.5 Å². The predicted octanol–water partition coefficient (Wildman–Crippen LogP) is 2.66. The fourth-order valence-corrected chi connectivity index (χ4v) is 3.06. The summed E-state index contributed by atoms with van der Waals surface area (Å²) < 4.78 is 5.91. The van der Waals surface area contributed by atoms with Crippen molar-refractivity contribution in [3.63, 3.8) is 0 Å². The smallest absolute Gasteiger partial charge is 0.335 e. The van der Waals surface area contributed by atoms with E-state index in [1.165, 1.54) is 13.1 Å². The third-order valence-electron chi connectivity index (χ3n) is 4.10. The van der Waals surface area contributed by atoms with Crippen molar-refractivity contribution in [2.24, 2.45) is 0 Å². The first-order valence-corrected chi connectivity index (χ1v) is 7.38. The lowest BCUT2D eigenvalue weighted by molar-refractivity contribution is 0.0696. The number of carboxylic acids is 1. The minimum atomic E-state index is -1.07. The summed E-state index contributed by atoms with van der Waals surface area (Å²) in [5.74, 6) is -1.06. The molecule has 0 spiro atoms. The van der Waals surface area contributed by atoms with Crippen molar-refractivity contribution in [2.75, 3.05) is 7.05 Å². The van der Waals surface area contributed by atoms with Crippen LogP contribution in [0.3, 0.4) is 0 Å². The molecule has 2 aromatic carbocycles. The van der Waals surface area contributed by atoms with Gasteiger partial charge in [-0.3, -0.25) is 4.79 Å². The monoisotopic (exact) mass is 311 g/mol. The SMILES string of the molecule is CNC(=O)c1cc(C(=O)O)cc2c1O[C@H](C)[C@H]2c1ccccc1. The van der Waals surface area contributed by atoms with Crippen molar-refractivity contribution in [1.29, 1.82) is 0 Å². The highest BCUT2D eigenvalue weighted by molar-refractivity contribution is 6.00. The van der Waals surface area contributed by atoms with E-state index in [1.54, 1.807) is 6.07 Å². The van der Waals surface area contributed by atoms with E-state index in [2.05, 4.69) is 5.32 Å². The highest BCUT2D eigenvalue weighted by atomic mass is 16.5. The van der Waals surface area contributed by atoms with Gasteiger partial charge in [0.15, 0.2) is 0 Å². The molecule has 0 aliphatic carbocycles. The van der Waals surface area contributed by atoms with E-state index >= 15 is 0 Å². The molecule has 2 atom stereocenters. The van der Waals surface area contributed by atoms with Crippen molar-refractivity contribution in [2.45, 2.75) is 18.9 Å². The Bertz CT molecular complexity index is 770. The van der Waals surface area contributed by atoms with E-state index in [0.29, 0.717) is 5.75 Å². The summed E-state index contributed by atoms with van der Waals surface area (Å²) in [6, 6.07) is 12.7. The second-order valence-electron chi connectivity index (χ2n) is 5.54. The number of carboxylic acid groups (broad SMARTS) is 1. The van der Waals surface area contributed by atoms with Crippen LogP contribution >= 0.6 is 0 Å². The molecular weight excluding hydrogens is 294 g/mol. The number of benzene rings is 2. The quantitative estimate of drug-likeness (QED) is 0.914. The Kier molecular flexibility index (Phi) is 3.78. The van der Waals surface area contributed by atoms with Gasteiger partial charge >= 0.3 is 5.97 Å². The van der Waals surface area contributed by atoms with Crippen LogP contribution in [0.2, 0.25) is 0 Å². The molecule has 1 heterocycles. The number of ether oxygens (including phenoxy) is 1. The van der Waals surface area contributed by atoms with Gasteiger partial charge in [-0.1, -0.05) is 30.3 Å². The molecule has 118 valence electrons. The molecule has 0 fully saturated rings. The Balaban J connectivity index is 2.21. The number of fused-ring (bicyclic) bond motifs is 1. The summed E-state index contributed by atoms with van der Waals surface area (Å²) >= 11 is 0. The third-order valence-corrected chi connectivity index (χ3v) is 4.10. The van der Waals surface area contributed by atoms with Gasteiger partial charge in [0.1, 0.15) is 11.9 Å². The lowest BCUT2D eigenvalue weighted by atomic mass is 9.87. The summed E-state index contributed by atoms with van der Waals surface area (Å²) in [6.07, 6.45) is -0.181. The lowest BCUT2D eigenvalue weighted by Crippen LogP contribution is -2.19. The molecule has 5 nitrogen and oxygen atoms in total. The van der Waals surface area contributed by atoms with E-state index < -0.39 is 5.97 Å². The number of amides is 1. The highest BCUT2D eigenvalue weighted by Crippen LogP contribution is 2.44. The van der Waals surface area contributed by atoms with Crippen molar-refractivity contribution >= 4 is 11.9 Å². The number of aromatic carboxylic acids is 1. The van der Waals surface area contributed by atoms with Gasteiger partial charge in [-0.25, -0.2) is 4.79 Å². The molecular formula is C18H17NO4. The fourth-order valence-electron chi connectivity index (χ4n) is 3.06. The van der Waals surface area contributed by atoms with Crippen LogP contribution in [0.4, 0.5) is 0 Å². The zero-order chi connectivity index (χ0) is 16.6. The number of carbonyl (C=O) groups excluding carboxylic acids is 1. The van der Waals surface area contributed by atoms with Crippen molar-refractivity contribution in [1.82, 2.24) is 5.32 Å².